The van der Waals surface area contributed by atoms with Gasteiger partial charge in [-0.15, -0.1) is 0 Å². The lowest BCUT2D eigenvalue weighted by Crippen LogP contribution is -1.90. The standard InChI is InChI=1S/C17H16FNO/c1-2-3-4-13-5-8-16(9-6-13)20-17-10-7-15(18)11-14(17)12-19/h5-11H,2-4H2,1H3. The topological polar surface area (TPSA) is 33.0 Å². The van der Waals surface area contributed by atoms with E-state index in [1.54, 1.807) is 0 Å². The molecule has 2 aromatic rings. The molecule has 102 valence electrons. The van der Waals surface area contributed by atoms with Crippen molar-refractivity contribution in [3.63, 3.8) is 0 Å². The molecule has 0 radical (unpaired) electrons. The maximum Gasteiger partial charge on any atom is 0.145 e. The number of rotatable bonds is 5. The van der Waals surface area contributed by atoms with Gasteiger partial charge in [0.25, 0.3) is 0 Å². The van der Waals surface area contributed by atoms with E-state index < -0.39 is 5.82 Å². The van der Waals surface area contributed by atoms with Gasteiger partial charge >= 0.3 is 0 Å². The zero-order chi connectivity index (χ0) is 14.4. The van der Waals surface area contributed by atoms with Gasteiger partial charge in [0.15, 0.2) is 0 Å². The van der Waals surface area contributed by atoms with E-state index in [0.717, 1.165) is 12.8 Å². The van der Waals surface area contributed by atoms with Crippen LogP contribution >= 0.6 is 0 Å². The van der Waals surface area contributed by atoms with Crippen LogP contribution in [0.2, 0.25) is 0 Å². The van der Waals surface area contributed by atoms with E-state index in [1.165, 1.54) is 30.2 Å². The first-order chi connectivity index (χ1) is 9.72. The van der Waals surface area contributed by atoms with Gasteiger partial charge in [0, 0.05) is 0 Å². The SMILES string of the molecule is CCCCc1ccc(Oc2ccc(F)cc2C#N)cc1. The van der Waals surface area contributed by atoms with Crippen LogP contribution in [-0.2, 0) is 6.42 Å². The Bertz CT molecular complexity index is 614. The summed E-state index contributed by atoms with van der Waals surface area (Å²) >= 11 is 0. The highest BCUT2D eigenvalue weighted by Gasteiger charge is 2.06. The molecule has 0 unspecified atom stereocenters. The molecule has 0 fully saturated rings. The summed E-state index contributed by atoms with van der Waals surface area (Å²) in [4.78, 5) is 0. The Morgan fingerprint density at radius 1 is 1.15 bits per heavy atom. The van der Waals surface area contributed by atoms with Gasteiger partial charge in [-0.05, 0) is 48.7 Å². The zero-order valence-electron chi connectivity index (χ0n) is 11.4. The average molecular weight is 269 g/mol. The molecule has 3 heteroatoms. The third kappa shape index (κ3) is 3.58. The number of benzene rings is 2. The molecule has 0 aliphatic heterocycles. The molecule has 0 aromatic heterocycles. The smallest absolute Gasteiger partial charge is 0.145 e. The minimum Gasteiger partial charge on any atom is -0.456 e. The lowest BCUT2D eigenvalue weighted by molar-refractivity contribution is 0.478. The molecule has 20 heavy (non-hydrogen) atoms. The monoisotopic (exact) mass is 269 g/mol. The van der Waals surface area contributed by atoms with E-state index in [4.69, 9.17) is 10.00 Å². The zero-order valence-corrected chi connectivity index (χ0v) is 11.4. The van der Waals surface area contributed by atoms with Crippen molar-refractivity contribution in [2.75, 3.05) is 0 Å². The summed E-state index contributed by atoms with van der Waals surface area (Å²) in [7, 11) is 0. The Hall–Kier alpha value is -2.34. The fourth-order valence-electron chi connectivity index (χ4n) is 1.91. The summed E-state index contributed by atoms with van der Waals surface area (Å²) < 4.78 is 18.7. The minimum absolute atomic E-state index is 0.194. The first kappa shape index (κ1) is 14.1. The summed E-state index contributed by atoms with van der Waals surface area (Å²) in [6.45, 7) is 2.16. The van der Waals surface area contributed by atoms with Crippen molar-refractivity contribution in [1.29, 1.82) is 5.26 Å². The van der Waals surface area contributed by atoms with Gasteiger partial charge in [-0.2, -0.15) is 5.26 Å². The Morgan fingerprint density at radius 3 is 2.55 bits per heavy atom. The molecule has 0 heterocycles. The minimum atomic E-state index is -0.441. The Kier molecular flexibility index (Phi) is 4.73. The first-order valence-corrected chi connectivity index (χ1v) is 6.69. The summed E-state index contributed by atoms with van der Waals surface area (Å²) in [5.74, 6) is 0.576. The molecular formula is C17H16FNO. The highest BCUT2D eigenvalue weighted by molar-refractivity contribution is 5.45. The fraction of sp³-hybridized carbons (Fsp3) is 0.235. The molecule has 0 saturated carbocycles. The normalized spacial score (nSPS) is 10.1. The lowest BCUT2D eigenvalue weighted by Gasteiger charge is -2.08. The number of hydrogen-bond donors (Lipinski definition) is 0. The number of nitrogens with zero attached hydrogens (tertiary/aromatic N) is 1. The van der Waals surface area contributed by atoms with Crippen LogP contribution in [0.25, 0.3) is 0 Å². The maximum absolute atomic E-state index is 13.0. The van der Waals surface area contributed by atoms with E-state index in [-0.39, 0.29) is 5.56 Å². The quantitative estimate of drug-likeness (QED) is 0.778. The molecule has 0 aliphatic rings. The van der Waals surface area contributed by atoms with E-state index >= 15 is 0 Å². The van der Waals surface area contributed by atoms with Gasteiger partial charge in [-0.25, -0.2) is 4.39 Å². The molecule has 0 N–H and O–H groups in total. The van der Waals surface area contributed by atoms with Crippen molar-refractivity contribution in [3.05, 3.63) is 59.4 Å². The molecular weight excluding hydrogens is 253 g/mol. The van der Waals surface area contributed by atoms with E-state index in [2.05, 4.69) is 6.92 Å². The summed E-state index contributed by atoms with van der Waals surface area (Å²) in [6.07, 6.45) is 3.38. The van der Waals surface area contributed by atoms with Crippen LogP contribution in [0, 0.1) is 17.1 Å². The summed E-state index contributed by atoms with van der Waals surface area (Å²) in [5.41, 5.74) is 1.46. The Balaban J connectivity index is 2.12. The second kappa shape index (κ2) is 6.72. The van der Waals surface area contributed by atoms with Gasteiger partial charge in [-0.1, -0.05) is 25.5 Å². The van der Waals surface area contributed by atoms with Gasteiger partial charge in [-0.3, -0.25) is 0 Å². The molecule has 0 atom stereocenters. The van der Waals surface area contributed by atoms with Crippen molar-refractivity contribution in [2.24, 2.45) is 0 Å². The lowest BCUT2D eigenvalue weighted by atomic mass is 10.1. The Morgan fingerprint density at radius 2 is 1.90 bits per heavy atom. The molecule has 2 aromatic carbocycles. The van der Waals surface area contributed by atoms with Crippen LogP contribution in [-0.4, -0.2) is 0 Å². The van der Waals surface area contributed by atoms with Crippen LogP contribution in [0.1, 0.15) is 30.9 Å². The number of halogens is 1. The third-order valence-corrected chi connectivity index (χ3v) is 3.03. The van der Waals surface area contributed by atoms with Crippen molar-refractivity contribution in [3.8, 4) is 17.6 Å². The van der Waals surface area contributed by atoms with E-state index in [9.17, 15) is 4.39 Å². The van der Waals surface area contributed by atoms with Crippen LogP contribution in [0.4, 0.5) is 4.39 Å². The van der Waals surface area contributed by atoms with Crippen molar-refractivity contribution < 1.29 is 9.13 Å². The molecule has 2 nitrogen and oxygen atoms in total. The average Bonchev–Trinajstić information content (AvgIpc) is 2.48. The van der Waals surface area contributed by atoms with Gasteiger partial charge < -0.3 is 4.74 Å². The number of ether oxygens (including phenoxy) is 1. The molecule has 0 saturated heterocycles. The maximum atomic E-state index is 13.0. The number of nitriles is 1. The molecule has 0 bridgehead atoms. The second-order valence-corrected chi connectivity index (χ2v) is 4.60. The summed E-state index contributed by atoms with van der Waals surface area (Å²) in [6, 6.07) is 13.6. The highest BCUT2D eigenvalue weighted by atomic mass is 19.1. The number of aryl methyl sites for hydroxylation is 1. The highest BCUT2D eigenvalue weighted by Crippen LogP contribution is 2.26. The molecule has 0 amide bonds. The fourth-order valence-corrected chi connectivity index (χ4v) is 1.91. The number of hydrogen-bond acceptors (Lipinski definition) is 2. The van der Waals surface area contributed by atoms with E-state index in [1.807, 2.05) is 30.3 Å². The molecule has 2 rings (SSSR count). The van der Waals surface area contributed by atoms with Crippen molar-refractivity contribution in [2.45, 2.75) is 26.2 Å². The van der Waals surface area contributed by atoms with Crippen molar-refractivity contribution >= 4 is 0 Å². The second-order valence-electron chi connectivity index (χ2n) is 4.60. The largest absolute Gasteiger partial charge is 0.456 e. The number of unbranched alkanes of at least 4 members (excludes halogenated alkanes) is 1. The van der Waals surface area contributed by atoms with Crippen LogP contribution in [0.3, 0.4) is 0 Å². The molecule has 0 aliphatic carbocycles. The van der Waals surface area contributed by atoms with Crippen LogP contribution in [0.15, 0.2) is 42.5 Å². The predicted octanol–water partition coefficient (Wildman–Crippen LogP) is 4.83. The van der Waals surface area contributed by atoms with Gasteiger partial charge in [0.05, 0.1) is 5.56 Å². The van der Waals surface area contributed by atoms with E-state index in [0.29, 0.717) is 11.5 Å². The van der Waals surface area contributed by atoms with Gasteiger partial charge in [0.2, 0.25) is 0 Å². The molecule has 0 spiro atoms. The van der Waals surface area contributed by atoms with Gasteiger partial charge in [0.1, 0.15) is 23.4 Å². The predicted molar refractivity (Wildman–Crippen MR) is 76.2 cm³/mol. The van der Waals surface area contributed by atoms with Crippen molar-refractivity contribution in [1.82, 2.24) is 0 Å². The van der Waals surface area contributed by atoms with Crippen LogP contribution < -0.4 is 4.74 Å². The Labute approximate surface area is 118 Å². The van der Waals surface area contributed by atoms with Crippen LogP contribution in [0.5, 0.6) is 11.5 Å². The first-order valence-electron chi connectivity index (χ1n) is 6.69. The third-order valence-electron chi connectivity index (χ3n) is 3.03. The summed E-state index contributed by atoms with van der Waals surface area (Å²) in [5, 5.41) is 8.97.